The van der Waals surface area contributed by atoms with Crippen molar-refractivity contribution in [1.82, 2.24) is 0 Å². The Morgan fingerprint density at radius 1 is 1.90 bits per heavy atom. The number of nitrogens with zero attached hydrogens (tertiary/aromatic N) is 1. The van der Waals surface area contributed by atoms with Crippen LogP contribution in [0, 0.1) is 0 Å². The highest BCUT2D eigenvalue weighted by Gasteiger charge is 2.16. The molecule has 0 saturated heterocycles. The summed E-state index contributed by atoms with van der Waals surface area (Å²) in [6.07, 6.45) is -0.750. The fourth-order valence-corrected chi connectivity index (χ4v) is 0.320. The topological polar surface area (TPSA) is 55.7 Å². The monoisotopic (exact) mass is 147 g/mol. The number of methoxy groups -OCH3 is 1. The quantitative estimate of drug-likeness (QED) is 0.316. The van der Waals surface area contributed by atoms with Gasteiger partial charge in [0.1, 0.15) is 0 Å². The van der Waals surface area contributed by atoms with Crippen LogP contribution >= 0.6 is 0 Å². The van der Waals surface area contributed by atoms with E-state index in [0.717, 1.165) is 13.2 Å². The molecule has 0 radical (unpaired) electrons. The zero-order valence-corrected chi connectivity index (χ0v) is 5.33. The fourth-order valence-electron chi connectivity index (χ4n) is 0.320. The van der Waals surface area contributed by atoms with Gasteiger partial charge in [-0.05, 0) is 0 Å². The molecule has 0 rings (SSSR count). The largest absolute Gasteiger partial charge is 0.467 e. The van der Waals surface area contributed by atoms with Gasteiger partial charge in [0.15, 0.2) is 0 Å². The smallest absolute Gasteiger partial charge is 0.342 e. The summed E-state index contributed by atoms with van der Waals surface area (Å²) in [6.45, 7) is -0.518. The average Bonchev–Trinajstić information content (AvgIpc) is 1.98. The van der Waals surface area contributed by atoms with E-state index in [2.05, 4.69) is 9.73 Å². The van der Waals surface area contributed by atoms with Crippen LogP contribution in [-0.2, 0) is 14.3 Å². The SMILES string of the molecule is COC(=O)[C@@H](F)CN=C=O. The molecule has 0 unspecified atom stereocenters. The number of isocyanates is 1. The second-order valence-electron chi connectivity index (χ2n) is 1.42. The number of rotatable bonds is 3. The molecular formula is C5H6FNO3. The van der Waals surface area contributed by atoms with Crippen molar-refractivity contribution in [2.45, 2.75) is 6.17 Å². The van der Waals surface area contributed by atoms with Crippen molar-refractivity contribution in [2.75, 3.05) is 13.7 Å². The van der Waals surface area contributed by atoms with Crippen molar-refractivity contribution >= 4 is 12.0 Å². The molecule has 0 amide bonds. The number of carbonyl (C=O) groups excluding carboxylic acids is 2. The molecule has 0 saturated carbocycles. The van der Waals surface area contributed by atoms with Crippen molar-refractivity contribution in [1.29, 1.82) is 0 Å². The maximum Gasteiger partial charge on any atom is 0.342 e. The molecule has 0 aliphatic heterocycles. The van der Waals surface area contributed by atoms with Crippen molar-refractivity contribution in [3.05, 3.63) is 0 Å². The van der Waals surface area contributed by atoms with Gasteiger partial charge in [-0.3, -0.25) is 0 Å². The first-order valence-electron chi connectivity index (χ1n) is 2.48. The molecule has 0 N–H and O–H groups in total. The number of ether oxygens (including phenoxy) is 1. The molecule has 0 aromatic carbocycles. The summed E-state index contributed by atoms with van der Waals surface area (Å²) in [6, 6.07) is 0. The predicted molar refractivity (Wildman–Crippen MR) is 29.9 cm³/mol. The van der Waals surface area contributed by atoms with Crippen molar-refractivity contribution in [2.24, 2.45) is 4.99 Å². The molecule has 10 heavy (non-hydrogen) atoms. The Kier molecular flexibility index (Phi) is 4.07. The van der Waals surface area contributed by atoms with Crippen LogP contribution in [0.2, 0.25) is 0 Å². The molecule has 4 nitrogen and oxygen atoms in total. The van der Waals surface area contributed by atoms with E-state index in [1.165, 1.54) is 0 Å². The number of carbonyl (C=O) groups is 1. The number of esters is 1. The van der Waals surface area contributed by atoms with Crippen LogP contribution in [0.25, 0.3) is 0 Å². The maximum atomic E-state index is 12.2. The van der Waals surface area contributed by atoms with E-state index in [1.807, 2.05) is 0 Å². The number of alkyl halides is 1. The van der Waals surface area contributed by atoms with Crippen LogP contribution in [-0.4, -0.2) is 31.9 Å². The van der Waals surface area contributed by atoms with Gasteiger partial charge in [-0.1, -0.05) is 0 Å². The third-order valence-electron chi connectivity index (χ3n) is 0.773. The van der Waals surface area contributed by atoms with Crippen molar-refractivity contribution in [3.63, 3.8) is 0 Å². The third kappa shape index (κ3) is 2.94. The minimum absolute atomic E-state index is 0.518. The summed E-state index contributed by atoms with van der Waals surface area (Å²) in [5.74, 6) is -1.03. The molecule has 56 valence electrons. The fraction of sp³-hybridized carbons (Fsp3) is 0.600. The standard InChI is InChI=1S/C5H6FNO3/c1-10-5(9)4(6)2-7-3-8/h4H,2H2,1H3/t4-/m0/s1. The lowest BCUT2D eigenvalue weighted by Crippen LogP contribution is -2.19. The maximum absolute atomic E-state index is 12.2. The van der Waals surface area contributed by atoms with Crippen LogP contribution in [0.15, 0.2) is 4.99 Å². The van der Waals surface area contributed by atoms with Gasteiger partial charge >= 0.3 is 5.97 Å². The van der Waals surface area contributed by atoms with Crippen LogP contribution in [0.4, 0.5) is 4.39 Å². The average molecular weight is 147 g/mol. The summed E-state index contributed by atoms with van der Waals surface area (Å²) >= 11 is 0. The van der Waals surface area contributed by atoms with E-state index in [0.29, 0.717) is 0 Å². The van der Waals surface area contributed by atoms with E-state index >= 15 is 0 Å². The van der Waals surface area contributed by atoms with Gasteiger partial charge in [0.25, 0.3) is 0 Å². The molecule has 0 aromatic heterocycles. The number of hydrogen-bond acceptors (Lipinski definition) is 4. The minimum Gasteiger partial charge on any atom is -0.467 e. The number of halogens is 1. The van der Waals surface area contributed by atoms with E-state index in [9.17, 15) is 14.0 Å². The van der Waals surface area contributed by atoms with E-state index in [-0.39, 0.29) is 0 Å². The van der Waals surface area contributed by atoms with Crippen LogP contribution in [0.1, 0.15) is 0 Å². The van der Waals surface area contributed by atoms with E-state index in [4.69, 9.17) is 0 Å². The zero-order valence-electron chi connectivity index (χ0n) is 5.33. The van der Waals surface area contributed by atoms with Gasteiger partial charge < -0.3 is 4.74 Å². The molecular weight excluding hydrogens is 141 g/mol. The van der Waals surface area contributed by atoms with Crippen molar-refractivity contribution in [3.8, 4) is 0 Å². The first-order chi connectivity index (χ1) is 4.72. The molecule has 0 bridgehead atoms. The van der Waals surface area contributed by atoms with Gasteiger partial charge in [-0.2, -0.15) is 0 Å². The highest BCUT2D eigenvalue weighted by Crippen LogP contribution is 1.93. The Morgan fingerprint density at radius 2 is 2.50 bits per heavy atom. The molecule has 0 aromatic rings. The summed E-state index contributed by atoms with van der Waals surface area (Å²) in [5, 5.41) is 0. The third-order valence-corrected chi connectivity index (χ3v) is 0.773. The van der Waals surface area contributed by atoms with Crippen LogP contribution in [0.5, 0.6) is 0 Å². The minimum atomic E-state index is -1.86. The molecule has 1 atom stereocenters. The Morgan fingerprint density at radius 3 is 2.90 bits per heavy atom. The van der Waals surface area contributed by atoms with E-state index < -0.39 is 18.7 Å². The number of hydrogen-bond donors (Lipinski definition) is 0. The highest BCUT2D eigenvalue weighted by molar-refractivity contribution is 5.74. The Hall–Kier alpha value is -1.22. The first kappa shape index (κ1) is 8.78. The van der Waals surface area contributed by atoms with Crippen molar-refractivity contribution < 1.29 is 18.7 Å². The lowest BCUT2D eigenvalue weighted by molar-refractivity contribution is -0.146. The van der Waals surface area contributed by atoms with Crippen LogP contribution in [0.3, 0.4) is 0 Å². The Bertz CT molecular complexity index is 164. The summed E-state index contributed by atoms with van der Waals surface area (Å²) in [5.41, 5.74) is 0. The van der Waals surface area contributed by atoms with Crippen LogP contribution < -0.4 is 0 Å². The zero-order chi connectivity index (χ0) is 7.98. The van der Waals surface area contributed by atoms with Gasteiger partial charge in [-0.15, -0.1) is 0 Å². The Labute approximate surface area is 56.7 Å². The molecule has 0 fully saturated rings. The highest BCUT2D eigenvalue weighted by atomic mass is 19.1. The van der Waals surface area contributed by atoms with Gasteiger partial charge in [0.2, 0.25) is 12.3 Å². The second kappa shape index (κ2) is 4.64. The van der Waals surface area contributed by atoms with Gasteiger partial charge in [0.05, 0.1) is 13.7 Å². The molecule has 0 aliphatic rings. The first-order valence-corrected chi connectivity index (χ1v) is 2.48. The van der Waals surface area contributed by atoms with E-state index in [1.54, 1.807) is 0 Å². The summed E-state index contributed by atoms with van der Waals surface area (Å²) < 4.78 is 16.2. The van der Waals surface area contributed by atoms with Gasteiger partial charge in [-0.25, -0.2) is 19.0 Å². The molecule has 0 aliphatic carbocycles. The summed E-state index contributed by atoms with van der Waals surface area (Å²) in [7, 11) is 1.06. The normalized spacial score (nSPS) is 11.4. The van der Waals surface area contributed by atoms with Gasteiger partial charge in [0, 0.05) is 0 Å². The molecule has 0 spiro atoms. The Balaban J connectivity index is 3.72. The molecule has 5 heteroatoms. The predicted octanol–water partition coefficient (Wildman–Crippen LogP) is -0.167. The summed E-state index contributed by atoms with van der Waals surface area (Å²) in [4.78, 5) is 22.5. The second-order valence-corrected chi connectivity index (χ2v) is 1.42. The number of aliphatic imine (C=N–C) groups is 1. The lowest BCUT2D eigenvalue weighted by Gasteiger charge is -1.99. The molecule has 0 heterocycles. The lowest BCUT2D eigenvalue weighted by atomic mass is 10.4.